The SMILES string of the molecule is Cc1onc(C(=O)Nc2ccc(-c3cc(C(F)(F)F)nn3C)c(F)c2)c1C. The van der Waals surface area contributed by atoms with Crippen molar-refractivity contribution in [2.75, 3.05) is 5.32 Å². The number of carbonyl (C=O) groups is 1. The van der Waals surface area contributed by atoms with Gasteiger partial charge in [0, 0.05) is 23.9 Å². The third kappa shape index (κ3) is 3.55. The van der Waals surface area contributed by atoms with Crippen LogP contribution in [0.4, 0.5) is 23.2 Å². The van der Waals surface area contributed by atoms with Crippen LogP contribution in [0.5, 0.6) is 0 Å². The third-order valence-electron chi connectivity index (χ3n) is 4.05. The molecule has 27 heavy (non-hydrogen) atoms. The highest BCUT2D eigenvalue weighted by Crippen LogP contribution is 2.33. The second kappa shape index (κ2) is 6.53. The fourth-order valence-electron chi connectivity index (χ4n) is 2.48. The summed E-state index contributed by atoms with van der Waals surface area (Å²) in [5.41, 5.74) is -0.488. The molecule has 0 radical (unpaired) electrons. The number of carbonyl (C=O) groups excluding carboxylic acids is 1. The molecule has 2 heterocycles. The highest BCUT2D eigenvalue weighted by molar-refractivity contribution is 6.03. The van der Waals surface area contributed by atoms with E-state index in [1.54, 1.807) is 13.8 Å². The van der Waals surface area contributed by atoms with Gasteiger partial charge in [-0.05, 0) is 38.1 Å². The zero-order valence-corrected chi connectivity index (χ0v) is 14.5. The Hall–Kier alpha value is -3.17. The minimum atomic E-state index is -4.63. The quantitative estimate of drug-likeness (QED) is 0.692. The molecule has 1 amide bonds. The number of nitrogens with zero attached hydrogens (tertiary/aromatic N) is 3. The Morgan fingerprint density at radius 2 is 1.93 bits per heavy atom. The number of nitrogens with one attached hydrogen (secondary N) is 1. The van der Waals surface area contributed by atoms with Crippen LogP contribution >= 0.6 is 0 Å². The summed E-state index contributed by atoms with van der Waals surface area (Å²) >= 11 is 0. The first-order chi connectivity index (χ1) is 12.6. The van der Waals surface area contributed by atoms with Crippen LogP contribution in [0.1, 0.15) is 27.5 Å². The summed E-state index contributed by atoms with van der Waals surface area (Å²) in [5.74, 6) is -0.910. The van der Waals surface area contributed by atoms with Crippen molar-refractivity contribution in [2.24, 2.45) is 7.05 Å². The lowest BCUT2D eigenvalue weighted by atomic mass is 10.1. The maximum Gasteiger partial charge on any atom is 0.435 e. The van der Waals surface area contributed by atoms with Crippen molar-refractivity contribution < 1.29 is 26.9 Å². The molecule has 0 atom stereocenters. The lowest BCUT2D eigenvalue weighted by Crippen LogP contribution is -2.13. The van der Waals surface area contributed by atoms with Gasteiger partial charge >= 0.3 is 6.18 Å². The molecule has 0 aliphatic carbocycles. The predicted octanol–water partition coefficient (Wildman–Crippen LogP) is 4.10. The van der Waals surface area contributed by atoms with Crippen LogP contribution in [0.2, 0.25) is 0 Å². The molecule has 1 N–H and O–H groups in total. The number of hydrogen-bond acceptors (Lipinski definition) is 4. The van der Waals surface area contributed by atoms with E-state index in [9.17, 15) is 22.4 Å². The van der Waals surface area contributed by atoms with Crippen molar-refractivity contribution >= 4 is 11.6 Å². The molecule has 0 saturated heterocycles. The number of hydrogen-bond donors (Lipinski definition) is 1. The van der Waals surface area contributed by atoms with Crippen molar-refractivity contribution in [2.45, 2.75) is 20.0 Å². The molecule has 0 bridgehead atoms. The van der Waals surface area contributed by atoms with Gasteiger partial charge in [0.2, 0.25) is 0 Å². The normalized spacial score (nSPS) is 11.7. The molecule has 0 unspecified atom stereocenters. The lowest BCUT2D eigenvalue weighted by Gasteiger charge is -2.07. The van der Waals surface area contributed by atoms with Gasteiger partial charge in [-0.25, -0.2) is 4.39 Å². The van der Waals surface area contributed by atoms with Crippen molar-refractivity contribution in [1.29, 1.82) is 0 Å². The number of halogens is 4. The highest BCUT2D eigenvalue weighted by Gasteiger charge is 2.35. The number of aromatic nitrogens is 3. The van der Waals surface area contributed by atoms with Crippen molar-refractivity contribution in [3.8, 4) is 11.3 Å². The first kappa shape index (κ1) is 18.6. The first-order valence-corrected chi connectivity index (χ1v) is 7.73. The molecule has 2 aromatic heterocycles. The molecule has 0 saturated carbocycles. The summed E-state index contributed by atoms with van der Waals surface area (Å²) in [6, 6.07) is 4.41. The molecule has 10 heteroatoms. The maximum absolute atomic E-state index is 14.5. The van der Waals surface area contributed by atoms with Crippen molar-refractivity contribution in [1.82, 2.24) is 14.9 Å². The van der Waals surface area contributed by atoms with E-state index in [0.29, 0.717) is 11.3 Å². The monoisotopic (exact) mass is 382 g/mol. The van der Waals surface area contributed by atoms with Crippen LogP contribution in [0.15, 0.2) is 28.8 Å². The zero-order valence-electron chi connectivity index (χ0n) is 14.5. The molecule has 0 spiro atoms. The van der Waals surface area contributed by atoms with Crippen LogP contribution in [0.3, 0.4) is 0 Å². The van der Waals surface area contributed by atoms with Crippen LogP contribution in [0.25, 0.3) is 11.3 Å². The average Bonchev–Trinajstić information content (AvgIpc) is 3.11. The van der Waals surface area contributed by atoms with E-state index in [1.165, 1.54) is 19.2 Å². The molecule has 0 aliphatic heterocycles. The number of benzene rings is 1. The van der Waals surface area contributed by atoms with Gasteiger partial charge in [-0.1, -0.05) is 5.16 Å². The van der Waals surface area contributed by atoms with Crippen LogP contribution < -0.4 is 5.32 Å². The summed E-state index contributed by atoms with van der Waals surface area (Å²) in [6.07, 6.45) is -4.63. The summed E-state index contributed by atoms with van der Waals surface area (Å²) in [5, 5.41) is 9.47. The first-order valence-electron chi connectivity index (χ1n) is 7.73. The van der Waals surface area contributed by atoms with Gasteiger partial charge in [0.05, 0.1) is 5.69 Å². The number of rotatable bonds is 3. The smallest absolute Gasteiger partial charge is 0.361 e. The number of anilines is 1. The fraction of sp³-hybridized carbons (Fsp3) is 0.235. The van der Waals surface area contributed by atoms with Crippen molar-refractivity contribution in [3.05, 3.63) is 52.8 Å². The molecule has 6 nitrogen and oxygen atoms in total. The predicted molar refractivity (Wildman–Crippen MR) is 87.5 cm³/mol. The second-order valence-corrected chi connectivity index (χ2v) is 5.90. The zero-order chi connectivity index (χ0) is 19.9. The Morgan fingerprint density at radius 3 is 2.44 bits per heavy atom. The van der Waals surface area contributed by atoms with Crippen LogP contribution in [0, 0.1) is 19.7 Å². The lowest BCUT2D eigenvalue weighted by molar-refractivity contribution is -0.141. The topological polar surface area (TPSA) is 73.0 Å². The van der Waals surface area contributed by atoms with E-state index in [2.05, 4.69) is 15.6 Å². The van der Waals surface area contributed by atoms with Crippen LogP contribution in [-0.4, -0.2) is 20.8 Å². The van der Waals surface area contributed by atoms with Gasteiger partial charge in [0.25, 0.3) is 5.91 Å². The highest BCUT2D eigenvalue weighted by atomic mass is 19.4. The molecule has 1 aromatic carbocycles. The minimum Gasteiger partial charge on any atom is -0.361 e. The van der Waals surface area contributed by atoms with Gasteiger partial charge < -0.3 is 9.84 Å². The summed E-state index contributed by atoms with van der Waals surface area (Å²) < 4.78 is 58.6. The molecule has 0 aliphatic rings. The Kier molecular flexibility index (Phi) is 4.50. The summed E-state index contributed by atoms with van der Waals surface area (Å²) in [4.78, 5) is 12.2. The minimum absolute atomic E-state index is 0.0410. The van der Waals surface area contributed by atoms with E-state index in [4.69, 9.17) is 4.52 Å². The molecular weight excluding hydrogens is 368 g/mol. The maximum atomic E-state index is 14.5. The number of alkyl halides is 3. The van der Waals surface area contributed by atoms with E-state index in [1.807, 2.05) is 0 Å². The van der Waals surface area contributed by atoms with E-state index >= 15 is 0 Å². The van der Waals surface area contributed by atoms with Gasteiger partial charge in [-0.3, -0.25) is 9.48 Å². The second-order valence-electron chi connectivity index (χ2n) is 5.90. The average molecular weight is 382 g/mol. The van der Waals surface area contributed by atoms with E-state index < -0.39 is 23.6 Å². The molecule has 0 fully saturated rings. The molecular formula is C17H14F4N4O2. The van der Waals surface area contributed by atoms with E-state index in [-0.39, 0.29) is 22.6 Å². The molecule has 3 aromatic rings. The van der Waals surface area contributed by atoms with Crippen molar-refractivity contribution in [3.63, 3.8) is 0 Å². The Balaban J connectivity index is 1.87. The van der Waals surface area contributed by atoms with Gasteiger partial charge in [0.15, 0.2) is 11.4 Å². The summed E-state index contributed by atoms with van der Waals surface area (Å²) in [7, 11) is 1.29. The van der Waals surface area contributed by atoms with Gasteiger partial charge in [0.1, 0.15) is 11.6 Å². The number of aryl methyl sites for hydroxylation is 2. The molecule has 3 rings (SSSR count). The standard InChI is InChI=1S/C17H14F4N4O2/c1-8-9(2)27-24-15(8)16(26)22-10-4-5-11(12(18)6-10)13-7-14(17(19,20)21)23-25(13)3/h4-7H,1-3H3,(H,22,26). The molecule has 142 valence electrons. The van der Waals surface area contributed by atoms with Gasteiger partial charge in [-0.2, -0.15) is 18.3 Å². The largest absolute Gasteiger partial charge is 0.435 e. The Labute approximate surface area is 150 Å². The van der Waals surface area contributed by atoms with Crippen LogP contribution in [-0.2, 0) is 13.2 Å². The van der Waals surface area contributed by atoms with Gasteiger partial charge in [-0.15, -0.1) is 0 Å². The third-order valence-corrected chi connectivity index (χ3v) is 4.05. The number of amides is 1. The Morgan fingerprint density at radius 1 is 1.22 bits per heavy atom. The van der Waals surface area contributed by atoms with E-state index in [0.717, 1.165) is 16.8 Å². The fourth-order valence-corrected chi connectivity index (χ4v) is 2.48. The Bertz CT molecular complexity index is 1020. The summed E-state index contributed by atoms with van der Waals surface area (Å²) in [6.45, 7) is 3.31.